The van der Waals surface area contributed by atoms with E-state index in [1.54, 1.807) is 0 Å². The lowest BCUT2D eigenvalue weighted by Crippen LogP contribution is -2.49. The van der Waals surface area contributed by atoms with E-state index < -0.39 is 42.9 Å². The van der Waals surface area contributed by atoms with Crippen LogP contribution < -0.4 is 0 Å². The van der Waals surface area contributed by atoms with Crippen molar-refractivity contribution in [2.75, 3.05) is 0 Å². The van der Waals surface area contributed by atoms with Gasteiger partial charge in [-0.3, -0.25) is 9.35 Å². The molecule has 0 heterocycles. The van der Waals surface area contributed by atoms with Gasteiger partial charge in [0.1, 0.15) is 0 Å². The summed E-state index contributed by atoms with van der Waals surface area (Å²) in [6.45, 7) is 0. The first-order valence-electron chi connectivity index (χ1n) is 7.28. The van der Waals surface area contributed by atoms with Crippen molar-refractivity contribution in [2.45, 2.75) is 43.1 Å². The van der Waals surface area contributed by atoms with E-state index in [0.29, 0.717) is 37.0 Å². The van der Waals surface area contributed by atoms with Crippen LogP contribution in [0.15, 0.2) is 0 Å². The highest BCUT2D eigenvalue weighted by Gasteiger charge is 2.61. The van der Waals surface area contributed by atoms with Crippen molar-refractivity contribution in [3.8, 4) is 0 Å². The Labute approximate surface area is 134 Å². The summed E-state index contributed by atoms with van der Waals surface area (Å²) < 4.78 is 74.8. The Balaban J connectivity index is 1.85. The summed E-state index contributed by atoms with van der Waals surface area (Å²) in [6.07, 6.45) is 4.46. The molecular weight excluding hydrogens is 373 g/mol. The lowest BCUT2D eigenvalue weighted by atomic mass is 9.50. The molecule has 23 heavy (non-hydrogen) atoms. The summed E-state index contributed by atoms with van der Waals surface area (Å²) in [4.78, 5) is 12.5. The Kier molecular flexibility index (Phi) is 3.96. The van der Waals surface area contributed by atoms with Gasteiger partial charge >= 0.3 is 14.7 Å². The van der Waals surface area contributed by atoms with Crippen molar-refractivity contribution in [2.24, 2.45) is 23.2 Å². The molecule has 0 radical (unpaired) electrons. The molecule has 11 heteroatoms. The SMILES string of the molecule is O=C(PS(=O)(=O)C(F)(F)S(=O)(=O)O)C12CC3CC(CC(C3)C1)C2. The summed E-state index contributed by atoms with van der Waals surface area (Å²) >= 11 is 0. The monoisotopic (exact) mass is 390 g/mol. The van der Waals surface area contributed by atoms with Crippen LogP contribution in [-0.4, -0.2) is 31.5 Å². The Hall–Kier alpha value is -0.180. The molecule has 0 aromatic heterocycles. The lowest BCUT2D eigenvalue weighted by molar-refractivity contribution is -0.134. The van der Waals surface area contributed by atoms with Gasteiger partial charge in [-0.25, -0.2) is 8.42 Å². The minimum atomic E-state index is -6.13. The maximum Gasteiger partial charge on any atom is 0.473 e. The molecule has 4 aliphatic carbocycles. The molecule has 1 unspecified atom stereocenters. The highest BCUT2D eigenvalue weighted by Crippen LogP contribution is 2.62. The van der Waals surface area contributed by atoms with Gasteiger partial charge in [-0.15, -0.1) is 0 Å². The first-order chi connectivity index (χ1) is 10.4. The zero-order valence-corrected chi connectivity index (χ0v) is 14.7. The van der Waals surface area contributed by atoms with Crippen molar-refractivity contribution in [3.05, 3.63) is 0 Å². The Morgan fingerprint density at radius 2 is 1.39 bits per heavy atom. The first-order valence-corrected chi connectivity index (χ1v) is 11.9. The summed E-state index contributed by atoms with van der Waals surface area (Å²) in [6, 6.07) is 0. The van der Waals surface area contributed by atoms with E-state index in [9.17, 15) is 30.4 Å². The van der Waals surface area contributed by atoms with Crippen LogP contribution in [0, 0.1) is 23.2 Å². The molecule has 132 valence electrons. The number of carbonyl (C=O) groups excluding carboxylic acids is 1. The third-order valence-electron chi connectivity index (χ3n) is 5.36. The van der Waals surface area contributed by atoms with Crippen LogP contribution in [0.3, 0.4) is 0 Å². The Morgan fingerprint density at radius 3 is 1.74 bits per heavy atom. The van der Waals surface area contributed by atoms with Gasteiger partial charge in [0, 0.05) is 5.41 Å². The quantitative estimate of drug-likeness (QED) is 0.570. The molecule has 0 aromatic carbocycles. The minimum Gasteiger partial charge on any atom is -0.293 e. The van der Waals surface area contributed by atoms with E-state index in [0.717, 1.165) is 19.3 Å². The number of hydrogen-bond acceptors (Lipinski definition) is 5. The largest absolute Gasteiger partial charge is 0.473 e. The average Bonchev–Trinajstić information content (AvgIpc) is 2.34. The van der Waals surface area contributed by atoms with Crippen molar-refractivity contribution < 1.29 is 35.0 Å². The Bertz CT molecular complexity index is 710. The van der Waals surface area contributed by atoms with Crippen molar-refractivity contribution >= 4 is 32.9 Å². The van der Waals surface area contributed by atoms with Crippen molar-refractivity contribution in [3.63, 3.8) is 0 Å². The fourth-order valence-corrected chi connectivity index (χ4v) is 9.87. The summed E-state index contributed by atoms with van der Waals surface area (Å²) in [5.41, 5.74) is -1.71. The zero-order valence-electron chi connectivity index (χ0n) is 12.0. The number of rotatable bonds is 5. The second-order valence-corrected chi connectivity index (χ2v) is 13.2. The maximum atomic E-state index is 13.5. The number of halogens is 2. The molecule has 4 bridgehead atoms. The van der Waals surface area contributed by atoms with Crippen LogP contribution in [0.25, 0.3) is 0 Å². The highest BCUT2D eigenvalue weighted by atomic mass is 32.8. The minimum absolute atomic E-state index is 0.319. The molecule has 0 spiro atoms. The highest BCUT2D eigenvalue weighted by molar-refractivity contribution is 8.51. The molecule has 1 atom stereocenters. The van der Waals surface area contributed by atoms with Gasteiger partial charge in [-0.05, 0) is 56.3 Å². The normalized spacial score (nSPS) is 37.6. The molecule has 0 aromatic rings. The first kappa shape index (κ1) is 17.6. The molecule has 4 fully saturated rings. The van der Waals surface area contributed by atoms with Gasteiger partial charge in [-0.1, -0.05) is 0 Å². The van der Waals surface area contributed by atoms with Crippen LogP contribution in [0.2, 0.25) is 0 Å². The molecule has 4 saturated carbocycles. The van der Waals surface area contributed by atoms with Crippen LogP contribution in [0.1, 0.15) is 38.5 Å². The lowest BCUT2D eigenvalue weighted by Gasteiger charge is -2.55. The van der Waals surface area contributed by atoms with E-state index in [4.69, 9.17) is 4.55 Å². The second kappa shape index (κ2) is 5.16. The van der Waals surface area contributed by atoms with E-state index in [1.165, 1.54) is 0 Å². The predicted octanol–water partition coefficient (Wildman–Crippen LogP) is 2.18. The van der Waals surface area contributed by atoms with Gasteiger partial charge in [-0.2, -0.15) is 17.2 Å². The van der Waals surface area contributed by atoms with Crippen molar-refractivity contribution in [1.82, 2.24) is 0 Å². The fourth-order valence-electron chi connectivity index (χ4n) is 4.82. The standard InChI is InChI=1S/C12H17F2O6PS2/c13-12(14,22(16,17)18)23(19,20)21-10(15)11-4-7-1-8(5-11)3-9(2-7)6-11/h7-9,21H,1-6H2,(H,16,17,18). The summed E-state index contributed by atoms with van der Waals surface area (Å²) in [5, 5.41) is 0. The van der Waals surface area contributed by atoms with Gasteiger partial charge in [0.15, 0.2) is 5.52 Å². The molecule has 6 nitrogen and oxygen atoms in total. The fraction of sp³-hybridized carbons (Fsp3) is 0.917. The van der Waals surface area contributed by atoms with Crippen LogP contribution in [-0.2, 0) is 24.4 Å². The smallest absolute Gasteiger partial charge is 0.293 e. The average molecular weight is 390 g/mol. The molecular formula is C12H17F2O6PS2. The van der Waals surface area contributed by atoms with Gasteiger partial charge in [0.25, 0.3) is 9.46 Å². The molecule has 0 saturated heterocycles. The third-order valence-corrected chi connectivity index (χ3v) is 11.4. The van der Waals surface area contributed by atoms with Gasteiger partial charge in [0.05, 0.1) is 7.78 Å². The number of hydrogen-bond donors (Lipinski definition) is 1. The van der Waals surface area contributed by atoms with Crippen LogP contribution >= 0.6 is 7.78 Å². The molecule has 0 aliphatic heterocycles. The van der Waals surface area contributed by atoms with E-state index in [2.05, 4.69) is 0 Å². The zero-order chi connectivity index (χ0) is 17.3. The van der Waals surface area contributed by atoms with E-state index >= 15 is 0 Å². The molecule has 0 amide bonds. The van der Waals surface area contributed by atoms with E-state index in [1.807, 2.05) is 0 Å². The van der Waals surface area contributed by atoms with Crippen molar-refractivity contribution in [1.29, 1.82) is 0 Å². The Morgan fingerprint density at radius 1 is 1.00 bits per heavy atom. The summed E-state index contributed by atoms with van der Waals surface area (Å²) in [7, 11) is -13.6. The van der Waals surface area contributed by atoms with E-state index in [-0.39, 0.29) is 0 Å². The van der Waals surface area contributed by atoms with Gasteiger partial charge < -0.3 is 0 Å². The van der Waals surface area contributed by atoms with Crippen LogP contribution in [0.4, 0.5) is 8.78 Å². The number of alkyl halides is 2. The topological polar surface area (TPSA) is 106 Å². The van der Waals surface area contributed by atoms with Gasteiger partial charge in [0.2, 0.25) is 0 Å². The second-order valence-electron chi connectivity index (χ2n) is 7.07. The predicted molar refractivity (Wildman–Crippen MR) is 79.3 cm³/mol. The maximum absolute atomic E-state index is 13.5. The molecule has 4 aliphatic rings. The third kappa shape index (κ3) is 2.75. The van der Waals surface area contributed by atoms with Crippen LogP contribution in [0.5, 0.6) is 0 Å². The number of carbonyl (C=O) groups is 1. The molecule has 1 N–H and O–H groups in total. The molecule has 4 rings (SSSR count). The summed E-state index contributed by atoms with van der Waals surface area (Å²) in [5.74, 6) is 0.958.